The van der Waals surface area contributed by atoms with Crippen molar-refractivity contribution < 1.29 is 14.3 Å². The van der Waals surface area contributed by atoms with Crippen molar-refractivity contribution in [2.24, 2.45) is 5.92 Å². The number of carbonyl (C=O) groups excluding carboxylic acids is 2. The quantitative estimate of drug-likeness (QED) is 0.791. The van der Waals surface area contributed by atoms with Crippen LogP contribution >= 0.6 is 11.8 Å². The molecule has 2 amide bonds. The van der Waals surface area contributed by atoms with Gasteiger partial charge in [-0.25, -0.2) is 0 Å². The van der Waals surface area contributed by atoms with Gasteiger partial charge in [0.05, 0.1) is 12.4 Å². The Hall–Kier alpha value is -1.69. The van der Waals surface area contributed by atoms with E-state index in [9.17, 15) is 9.59 Å². The number of hydrogen-bond donors (Lipinski definition) is 1. The SMILES string of the molecule is COc1ccc(SC(C)C(=O)N2CCC(C(=O)NC3CC3)CC2)cc1. The Morgan fingerprint density at radius 1 is 1.16 bits per heavy atom. The van der Waals surface area contributed by atoms with Crippen molar-refractivity contribution in [1.29, 1.82) is 0 Å². The Morgan fingerprint density at radius 2 is 1.80 bits per heavy atom. The molecule has 1 saturated heterocycles. The smallest absolute Gasteiger partial charge is 0.235 e. The van der Waals surface area contributed by atoms with Gasteiger partial charge in [-0.15, -0.1) is 11.8 Å². The van der Waals surface area contributed by atoms with Gasteiger partial charge in [-0.3, -0.25) is 9.59 Å². The van der Waals surface area contributed by atoms with Crippen LogP contribution in [-0.2, 0) is 9.59 Å². The summed E-state index contributed by atoms with van der Waals surface area (Å²) < 4.78 is 5.16. The molecule has 3 rings (SSSR count). The van der Waals surface area contributed by atoms with Crippen LogP contribution in [0.2, 0.25) is 0 Å². The van der Waals surface area contributed by atoms with Gasteiger partial charge in [-0.1, -0.05) is 0 Å². The molecule has 2 fully saturated rings. The lowest BCUT2D eigenvalue weighted by Crippen LogP contribution is -2.45. The third-order valence-electron chi connectivity index (χ3n) is 4.82. The van der Waals surface area contributed by atoms with Gasteiger partial charge in [0.15, 0.2) is 0 Å². The summed E-state index contributed by atoms with van der Waals surface area (Å²) in [5.41, 5.74) is 0. The Labute approximate surface area is 153 Å². The average Bonchev–Trinajstić information content (AvgIpc) is 3.45. The first-order valence-corrected chi connectivity index (χ1v) is 9.84. The molecule has 0 spiro atoms. The molecule has 1 aliphatic heterocycles. The number of thioether (sulfide) groups is 1. The minimum Gasteiger partial charge on any atom is -0.497 e. The van der Waals surface area contributed by atoms with E-state index in [1.54, 1.807) is 18.9 Å². The second kappa shape index (κ2) is 8.13. The minimum atomic E-state index is -0.134. The van der Waals surface area contributed by atoms with Gasteiger partial charge < -0.3 is 15.0 Å². The van der Waals surface area contributed by atoms with Gasteiger partial charge in [0, 0.05) is 29.9 Å². The van der Waals surface area contributed by atoms with E-state index in [0.717, 1.165) is 36.3 Å². The first kappa shape index (κ1) is 18.1. The number of hydrogen-bond acceptors (Lipinski definition) is 4. The monoisotopic (exact) mass is 362 g/mol. The molecule has 1 heterocycles. The first-order chi connectivity index (χ1) is 12.1. The van der Waals surface area contributed by atoms with Crippen molar-refractivity contribution in [3.63, 3.8) is 0 Å². The number of carbonyl (C=O) groups is 2. The summed E-state index contributed by atoms with van der Waals surface area (Å²) in [6, 6.07) is 8.17. The Balaban J connectivity index is 1.46. The van der Waals surface area contributed by atoms with Crippen LogP contribution < -0.4 is 10.1 Å². The molecule has 2 aliphatic rings. The van der Waals surface area contributed by atoms with E-state index in [-0.39, 0.29) is 23.0 Å². The summed E-state index contributed by atoms with van der Waals surface area (Å²) in [7, 11) is 1.64. The van der Waals surface area contributed by atoms with Gasteiger partial charge in [0.1, 0.15) is 5.75 Å². The zero-order chi connectivity index (χ0) is 17.8. The topological polar surface area (TPSA) is 58.6 Å². The van der Waals surface area contributed by atoms with E-state index < -0.39 is 0 Å². The zero-order valence-electron chi connectivity index (χ0n) is 14.9. The van der Waals surface area contributed by atoms with Crippen molar-refractivity contribution in [3.8, 4) is 5.75 Å². The minimum absolute atomic E-state index is 0.0641. The van der Waals surface area contributed by atoms with Crippen molar-refractivity contribution in [1.82, 2.24) is 10.2 Å². The molecule has 136 valence electrons. The molecule has 1 saturated carbocycles. The summed E-state index contributed by atoms with van der Waals surface area (Å²) >= 11 is 1.56. The number of likely N-dealkylation sites (tertiary alicyclic amines) is 1. The van der Waals surface area contributed by atoms with E-state index in [0.29, 0.717) is 19.1 Å². The lowest BCUT2D eigenvalue weighted by atomic mass is 9.95. The maximum Gasteiger partial charge on any atom is 0.235 e. The Bertz CT molecular complexity index is 608. The third kappa shape index (κ3) is 4.91. The van der Waals surface area contributed by atoms with E-state index >= 15 is 0 Å². The number of rotatable bonds is 6. The molecular weight excluding hydrogens is 336 g/mol. The highest BCUT2D eigenvalue weighted by molar-refractivity contribution is 8.00. The van der Waals surface area contributed by atoms with Gasteiger partial charge in [-0.05, 0) is 56.9 Å². The van der Waals surface area contributed by atoms with E-state index in [1.165, 1.54) is 0 Å². The van der Waals surface area contributed by atoms with Crippen LogP contribution in [0.3, 0.4) is 0 Å². The molecule has 0 radical (unpaired) electrons. The lowest BCUT2D eigenvalue weighted by Gasteiger charge is -2.33. The fourth-order valence-electron chi connectivity index (χ4n) is 3.07. The summed E-state index contributed by atoms with van der Waals surface area (Å²) in [6.45, 7) is 3.30. The van der Waals surface area contributed by atoms with Crippen LogP contribution in [0.5, 0.6) is 5.75 Å². The van der Waals surface area contributed by atoms with E-state index in [2.05, 4.69) is 5.32 Å². The zero-order valence-corrected chi connectivity index (χ0v) is 15.7. The number of piperidine rings is 1. The number of ether oxygens (including phenoxy) is 1. The molecule has 1 atom stereocenters. The fourth-order valence-corrected chi connectivity index (χ4v) is 4.03. The van der Waals surface area contributed by atoms with Gasteiger partial charge in [0.25, 0.3) is 0 Å². The fraction of sp³-hybridized carbons (Fsp3) is 0.579. The van der Waals surface area contributed by atoms with Crippen LogP contribution in [0, 0.1) is 5.92 Å². The molecule has 0 bridgehead atoms. The number of nitrogens with zero attached hydrogens (tertiary/aromatic N) is 1. The van der Waals surface area contributed by atoms with Crippen LogP contribution in [-0.4, -0.2) is 48.2 Å². The number of amides is 2. The lowest BCUT2D eigenvalue weighted by molar-refractivity contribution is -0.135. The predicted octanol–water partition coefficient (Wildman–Crippen LogP) is 2.69. The molecule has 5 nitrogen and oxygen atoms in total. The van der Waals surface area contributed by atoms with Crippen LogP contribution in [0.1, 0.15) is 32.6 Å². The highest BCUT2D eigenvalue weighted by Gasteiger charge is 2.32. The normalized spacial score (nSPS) is 19.4. The van der Waals surface area contributed by atoms with Crippen molar-refractivity contribution in [2.45, 2.75) is 48.8 Å². The van der Waals surface area contributed by atoms with Crippen LogP contribution in [0.25, 0.3) is 0 Å². The maximum atomic E-state index is 12.7. The number of nitrogens with one attached hydrogen (secondary N) is 1. The number of benzene rings is 1. The summed E-state index contributed by atoms with van der Waals surface area (Å²) in [6.07, 6.45) is 3.76. The Morgan fingerprint density at radius 3 is 2.36 bits per heavy atom. The van der Waals surface area contributed by atoms with Crippen molar-refractivity contribution in [3.05, 3.63) is 24.3 Å². The highest BCUT2D eigenvalue weighted by Crippen LogP contribution is 2.28. The standard InChI is InChI=1S/C19H26N2O3S/c1-13(25-17-7-5-16(24-2)6-8-17)19(23)21-11-9-14(10-12-21)18(22)20-15-3-4-15/h5-8,13-15H,3-4,9-12H2,1-2H3,(H,20,22). The van der Waals surface area contributed by atoms with Gasteiger partial charge >= 0.3 is 0 Å². The predicted molar refractivity (Wildman–Crippen MR) is 98.8 cm³/mol. The molecular formula is C19H26N2O3S. The number of methoxy groups -OCH3 is 1. The second-order valence-corrected chi connectivity index (χ2v) is 8.23. The van der Waals surface area contributed by atoms with Crippen LogP contribution in [0.4, 0.5) is 0 Å². The molecule has 0 aromatic heterocycles. The maximum absolute atomic E-state index is 12.7. The molecule has 1 aliphatic carbocycles. The Kier molecular flexibility index (Phi) is 5.89. The average molecular weight is 362 g/mol. The molecule has 6 heteroatoms. The van der Waals surface area contributed by atoms with Gasteiger partial charge in [0.2, 0.25) is 11.8 Å². The van der Waals surface area contributed by atoms with Crippen molar-refractivity contribution >= 4 is 23.6 Å². The summed E-state index contributed by atoms with van der Waals surface area (Å²) in [4.78, 5) is 27.8. The van der Waals surface area contributed by atoms with E-state index in [4.69, 9.17) is 4.74 Å². The third-order valence-corrected chi connectivity index (χ3v) is 5.92. The molecule has 1 aromatic rings. The van der Waals surface area contributed by atoms with Crippen LogP contribution in [0.15, 0.2) is 29.2 Å². The van der Waals surface area contributed by atoms with Crippen molar-refractivity contribution in [2.75, 3.05) is 20.2 Å². The van der Waals surface area contributed by atoms with Gasteiger partial charge in [-0.2, -0.15) is 0 Å². The van der Waals surface area contributed by atoms with E-state index in [1.807, 2.05) is 36.1 Å². The first-order valence-electron chi connectivity index (χ1n) is 8.96. The molecule has 1 unspecified atom stereocenters. The largest absolute Gasteiger partial charge is 0.497 e. The molecule has 1 aromatic carbocycles. The molecule has 1 N–H and O–H groups in total. The summed E-state index contributed by atoms with van der Waals surface area (Å²) in [5.74, 6) is 1.21. The molecule has 25 heavy (non-hydrogen) atoms. The summed E-state index contributed by atoms with van der Waals surface area (Å²) in [5, 5.41) is 2.94. The highest BCUT2D eigenvalue weighted by atomic mass is 32.2. The second-order valence-electron chi connectivity index (χ2n) is 6.82.